The van der Waals surface area contributed by atoms with Gasteiger partial charge in [0.05, 0.1) is 11.7 Å². The van der Waals surface area contributed by atoms with Crippen LogP contribution in [0.4, 0.5) is 0 Å². The van der Waals surface area contributed by atoms with Crippen molar-refractivity contribution in [3.63, 3.8) is 0 Å². The molecule has 1 aromatic heterocycles. The molecule has 1 aliphatic rings. The summed E-state index contributed by atoms with van der Waals surface area (Å²) in [7, 11) is 0. The first-order valence-electron chi connectivity index (χ1n) is 7.79. The lowest BCUT2D eigenvalue weighted by molar-refractivity contribution is 0.0689. The average molecular weight is 326 g/mol. The highest BCUT2D eigenvalue weighted by atomic mass is 16.5. The normalized spacial score (nSPS) is 19.8. The molecule has 1 fully saturated rings. The van der Waals surface area contributed by atoms with Gasteiger partial charge >= 0.3 is 5.97 Å². The SMILES string of the molecule is O=C(NC[C@@H]1CCO[C@H]1c1ccccc1)c1ccc(C(=O)O)nc1. The second-order valence-corrected chi connectivity index (χ2v) is 5.70. The molecular formula is C18H18N2O4. The van der Waals surface area contributed by atoms with Gasteiger partial charge in [0.25, 0.3) is 5.91 Å². The molecular weight excluding hydrogens is 308 g/mol. The maximum absolute atomic E-state index is 12.2. The first-order valence-corrected chi connectivity index (χ1v) is 7.79. The standard InChI is InChI=1S/C18H18N2O4/c21-17(14-6-7-15(18(22)23)19-11-14)20-10-13-8-9-24-16(13)12-4-2-1-3-5-12/h1-7,11,13,16H,8-10H2,(H,20,21)(H,22,23)/t13-,16-/m0/s1. The summed E-state index contributed by atoms with van der Waals surface area (Å²) in [4.78, 5) is 26.7. The van der Waals surface area contributed by atoms with E-state index in [-0.39, 0.29) is 23.6 Å². The zero-order chi connectivity index (χ0) is 16.9. The quantitative estimate of drug-likeness (QED) is 0.880. The van der Waals surface area contributed by atoms with Crippen molar-refractivity contribution in [1.82, 2.24) is 10.3 Å². The highest BCUT2D eigenvalue weighted by molar-refractivity contribution is 5.94. The van der Waals surface area contributed by atoms with E-state index in [1.54, 1.807) is 0 Å². The van der Waals surface area contributed by atoms with Crippen LogP contribution in [0, 0.1) is 5.92 Å². The van der Waals surface area contributed by atoms with Crippen molar-refractivity contribution < 1.29 is 19.4 Å². The summed E-state index contributed by atoms with van der Waals surface area (Å²) in [6.07, 6.45) is 2.15. The molecule has 1 aliphatic heterocycles. The minimum Gasteiger partial charge on any atom is -0.477 e. The molecule has 0 unspecified atom stereocenters. The minimum absolute atomic E-state index is 0.0148. The molecule has 1 saturated heterocycles. The molecule has 2 heterocycles. The summed E-state index contributed by atoms with van der Waals surface area (Å²) >= 11 is 0. The highest BCUT2D eigenvalue weighted by Gasteiger charge is 2.29. The molecule has 0 bridgehead atoms. The number of carboxylic acids is 1. The first-order chi connectivity index (χ1) is 11.6. The number of aromatic carboxylic acids is 1. The number of carbonyl (C=O) groups is 2. The van der Waals surface area contributed by atoms with Crippen LogP contribution in [0.3, 0.4) is 0 Å². The molecule has 3 rings (SSSR count). The maximum atomic E-state index is 12.2. The lowest BCUT2D eigenvalue weighted by atomic mass is 9.95. The number of amides is 1. The van der Waals surface area contributed by atoms with Gasteiger partial charge in [-0.25, -0.2) is 9.78 Å². The van der Waals surface area contributed by atoms with Crippen LogP contribution in [0.2, 0.25) is 0 Å². The Labute approximate surface area is 139 Å². The number of hydrogen-bond acceptors (Lipinski definition) is 4. The maximum Gasteiger partial charge on any atom is 0.354 e. The number of benzene rings is 1. The Morgan fingerprint density at radius 1 is 1.21 bits per heavy atom. The Bertz CT molecular complexity index is 716. The topological polar surface area (TPSA) is 88.5 Å². The number of rotatable bonds is 5. The predicted molar refractivity (Wildman–Crippen MR) is 86.8 cm³/mol. The molecule has 2 aromatic rings. The number of ether oxygens (including phenoxy) is 1. The molecule has 1 aromatic carbocycles. The van der Waals surface area contributed by atoms with Gasteiger partial charge in [0, 0.05) is 25.3 Å². The van der Waals surface area contributed by atoms with Crippen molar-refractivity contribution in [3.8, 4) is 0 Å². The second-order valence-electron chi connectivity index (χ2n) is 5.70. The molecule has 0 aliphatic carbocycles. The molecule has 0 radical (unpaired) electrons. The molecule has 2 N–H and O–H groups in total. The molecule has 24 heavy (non-hydrogen) atoms. The van der Waals surface area contributed by atoms with Gasteiger partial charge in [-0.05, 0) is 24.1 Å². The van der Waals surface area contributed by atoms with Gasteiger partial charge in [-0.1, -0.05) is 30.3 Å². The second kappa shape index (κ2) is 7.23. The summed E-state index contributed by atoms with van der Waals surface area (Å²) in [5, 5.41) is 11.7. The van der Waals surface area contributed by atoms with Gasteiger partial charge in [-0.15, -0.1) is 0 Å². The molecule has 1 amide bonds. The third kappa shape index (κ3) is 3.60. The fraction of sp³-hybridized carbons (Fsp3) is 0.278. The Hall–Kier alpha value is -2.73. The molecule has 2 atom stereocenters. The fourth-order valence-electron chi connectivity index (χ4n) is 2.83. The van der Waals surface area contributed by atoms with Crippen LogP contribution >= 0.6 is 0 Å². The van der Waals surface area contributed by atoms with E-state index in [4.69, 9.17) is 9.84 Å². The molecule has 6 nitrogen and oxygen atoms in total. The van der Waals surface area contributed by atoms with E-state index in [2.05, 4.69) is 10.3 Å². The third-order valence-electron chi connectivity index (χ3n) is 4.11. The monoisotopic (exact) mass is 326 g/mol. The van der Waals surface area contributed by atoms with Crippen LogP contribution in [0.15, 0.2) is 48.7 Å². The zero-order valence-corrected chi connectivity index (χ0v) is 13.0. The van der Waals surface area contributed by atoms with E-state index in [1.807, 2.05) is 30.3 Å². The highest BCUT2D eigenvalue weighted by Crippen LogP contribution is 2.33. The summed E-state index contributed by atoms with van der Waals surface area (Å²) in [5.74, 6) is -1.17. The summed E-state index contributed by atoms with van der Waals surface area (Å²) < 4.78 is 5.80. The van der Waals surface area contributed by atoms with Crippen molar-refractivity contribution in [2.24, 2.45) is 5.92 Å². The number of aromatic nitrogens is 1. The van der Waals surface area contributed by atoms with E-state index in [1.165, 1.54) is 18.3 Å². The Kier molecular flexibility index (Phi) is 4.86. The first kappa shape index (κ1) is 16.1. The number of pyridine rings is 1. The van der Waals surface area contributed by atoms with Crippen LogP contribution in [0.25, 0.3) is 0 Å². The Morgan fingerprint density at radius 2 is 2.00 bits per heavy atom. The van der Waals surface area contributed by atoms with E-state index in [0.717, 1.165) is 12.0 Å². The van der Waals surface area contributed by atoms with Crippen molar-refractivity contribution >= 4 is 11.9 Å². The molecule has 0 saturated carbocycles. The Morgan fingerprint density at radius 3 is 2.67 bits per heavy atom. The fourth-order valence-corrected chi connectivity index (χ4v) is 2.83. The van der Waals surface area contributed by atoms with Crippen molar-refractivity contribution in [3.05, 3.63) is 65.5 Å². The average Bonchev–Trinajstić information content (AvgIpc) is 3.09. The van der Waals surface area contributed by atoms with Crippen LogP contribution in [0.1, 0.15) is 38.9 Å². The van der Waals surface area contributed by atoms with Gasteiger partial charge in [-0.2, -0.15) is 0 Å². The van der Waals surface area contributed by atoms with E-state index >= 15 is 0 Å². The van der Waals surface area contributed by atoms with Gasteiger partial charge < -0.3 is 15.2 Å². The number of nitrogens with one attached hydrogen (secondary N) is 1. The van der Waals surface area contributed by atoms with E-state index in [0.29, 0.717) is 18.7 Å². The van der Waals surface area contributed by atoms with E-state index in [9.17, 15) is 9.59 Å². The molecule has 0 spiro atoms. The van der Waals surface area contributed by atoms with Gasteiger partial charge in [0.1, 0.15) is 5.69 Å². The molecule has 124 valence electrons. The number of hydrogen-bond donors (Lipinski definition) is 2. The van der Waals surface area contributed by atoms with Gasteiger partial charge in [0.15, 0.2) is 0 Å². The van der Waals surface area contributed by atoms with Crippen LogP contribution in [-0.2, 0) is 4.74 Å². The third-order valence-corrected chi connectivity index (χ3v) is 4.11. The van der Waals surface area contributed by atoms with Crippen molar-refractivity contribution in [2.75, 3.05) is 13.2 Å². The van der Waals surface area contributed by atoms with Crippen LogP contribution < -0.4 is 5.32 Å². The number of nitrogens with zero attached hydrogens (tertiary/aromatic N) is 1. The zero-order valence-electron chi connectivity index (χ0n) is 13.0. The predicted octanol–water partition coefficient (Wildman–Crippen LogP) is 2.29. The summed E-state index contributed by atoms with van der Waals surface area (Å²) in [6.45, 7) is 1.17. The lowest BCUT2D eigenvalue weighted by Crippen LogP contribution is -2.30. The van der Waals surface area contributed by atoms with Crippen LogP contribution in [-0.4, -0.2) is 35.1 Å². The summed E-state index contributed by atoms with van der Waals surface area (Å²) in [5.41, 5.74) is 1.37. The lowest BCUT2D eigenvalue weighted by Gasteiger charge is -2.19. The van der Waals surface area contributed by atoms with Crippen molar-refractivity contribution in [1.29, 1.82) is 0 Å². The van der Waals surface area contributed by atoms with Gasteiger partial charge in [0.2, 0.25) is 0 Å². The number of carboxylic acid groups (broad SMARTS) is 1. The number of carbonyl (C=O) groups excluding carboxylic acids is 1. The van der Waals surface area contributed by atoms with E-state index < -0.39 is 5.97 Å². The smallest absolute Gasteiger partial charge is 0.354 e. The molecule has 6 heteroatoms. The minimum atomic E-state index is -1.12. The van der Waals surface area contributed by atoms with Crippen molar-refractivity contribution in [2.45, 2.75) is 12.5 Å². The Balaban J connectivity index is 1.60. The summed E-state index contributed by atoms with van der Waals surface area (Å²) in [6, 6.07) is 12.8. The largest absolute Gasteiger partial charge is 0.477 e. The van der Waals surface area contributed by atoms with Crippen LogP contribution in [0.5, 0.6) is 0 Å². The van der Waals surface area contributed by atoms with Gasteiger partial charge in [-0.3, -0.25) is 4.79 Å².